The molecule has 1 aliphatic heterocycles. The molecule has 37 heavy (non-hydrogen) atoms. The van der Waals surface area contributed by atoms with Crippen molar-refractivity contribution >= 4 is 21.6 Å². The zero-order chi connectivity index (χ0) is 25.4. The monoisotopic (exact) mass is 516 g/mol. The van der Waals surface area contributed by atoms with E-state index in [9.17, 15) is 4.39 Å². The number of para-hydroxylation sites is 1. The Kier molecular flexibility index (Phi) is 6.87. The molecular formula is C31H33FN2O2S. The number of fused-ring (bicyclic) bond motifs is 2. The van der Waals surface area contributed by atoms with Crippen molar-refractivity contribution in [3.05, 3.63) is 77.1 Å². The van der Waals surface area contributed by atoms with Crippen molar-refractivity contribution < 1.29 is 13.9 Å². The molecule has 1 saturated heterocycles. The first-order chi connectivity index (χ1) is 18.1. The molecule has 0 N–H and O–H groups in total. The maximum atomic E-state index is 13.6. The smallest absolute Gasteiger partial charge is 0.131 e. The number of hydrogen-bond acceptors (Lipinski definition) is 5. The Balaban J connectivity index is 1.20. The molecule has 3 aromatic carbocycles. The molecule has 2 heterocycles. The summed E-state index contributed by atoms with van der Waals surface area (Å²) in [6.07, 6.45) is 4.88. The molecule has 3 atom stereocenters. The standard InChI is InChI=1S/C31H33FN2O2S/c1-3-36-28-17-20(16-27(35-2)31(28)21-8-11-23(32)12-9-21)19-34-15-14-24-22(10-13-26(24)34)18-30-33-25-6-4-5-7-29(25)37-30/h4-9,11-12,16-17,22,24,26H,3,10,13-15,18-19H2,1-2H3/t22?,24-,26+/m0/s1. The quantitative estimate of drug-likeness (QED) is 0.245. The van der Waals surface area contributed by atoms with Gasteiger partial charge in [0, 0.05) is 19.0 Å². The fourth-order valence-corrected chi connectivity index (χ4v) is 7.53. The number of halogens is 1. The summed E-state index contributed by atoms with van der Waals surface area (Å²) in [4.78, 5) is 7.58. The van der Waals surface area contributed by atoms with Gasteiger partial charge in [-0.2, -0.15) is 0 Å². The third-order valence-electron chi connectivity index (χ3n) is 8.09. The lowest BCUT2D eigenvalue weighted by molar-refractivity contribution is 0.226. The van der Waals surface area contributed by atoms with E-state index < -0.39 is 0 Å². The Morgan fingerprint density at radius 1 is 1.03 bits per heavy atom. The average molecular weight is 517 g/mol. The molecule has 1 unspecified atom stereocenters. The van der Waals surface area contributed by atoms with E-state index in [1.165, 1.54) is 46.7 Å². The van der Waals surface area contributed by atoms with Gasteiger partial charge in [-0.1, -0.05) is 24.3 Å². The number of methoxy groups -OCH3 is 1. The van der Waals surface area contributed by atoms with E-state index >= 15 is 0 Å². The van der Waals surface area contributed by atoms with E-state index in [2.05, 4.69) is 41.3 Å². The molecule has 1 aromatic heterocycles. The van der Waals surface area contributed by atoms with Gasteiger partial charge in [0.1, 0.15) is 17.3 Å². The minimum absolute atomic E-state index is 0.251. The molecule has 2 aliphatic rings. The van der Waals surface area contributed by atoms with Gasteiger partial charge in [0.15, 0.2) is 0 Å². The van der Waals surface area contributed by atoms with Gasteiger partial charge < -0.3 is 9.47 Å². The van der Waals surface area contributed by atoms with E-state index in [-0.39, 0.29) is 5.82 Å². The zero-order valence-corrected chi connectivity index (χ0v) is 22.3. The number of nitrogens with zero attached hydrogens (tertiary/aromatic N) is 2. The SMILES string of the molecule is CCOc1cc(CN2CC[C@H]3C(Cc4nc5ccccc5s4)CC[C@H]32)cc(OC)c1-c1ccc(F)cc1. The van der Waals surface area contributed by atoms with Crippen LogP contribution >= 0.6 is 11.3 Å². The summed E-state index contributed by atoms with van der Waals surface area (Å²) in [7, 11) is 1.69. The highest BCUT2D eigenvalue weighted by atomic mass is 32.1. The lowest BCUT2D eigenvalue weighted by Gasteiger charge is -2.25. The summed E-state index contributed by atoms with van der Waals surface area (Å²) < 4.78 is 26.7. The van der Waals surface area contributed by atoms with Crippen LogP contribution in [0.1, 0.15) is 36.8 Å². The van der Waals surface area contributed by atoms with E-state index in [1.54, 1.807) is 19.2 Å². The first-order valence-corrected chi connectivity index (χ1v) is 14.1. The van der Waals surface area contributed by atoms with Crippen molar-refractivity contribution in [3.8, 4) is 22.6 Å². The van der Waals surface area contributed by atoms with Crippen LogP contribution in [-0.4, -0.2) is 36.2 Å². The van der Waals surface area contributed by atoms with Gasteiger partial charge in [-0.25, -0.2) is 9.37 Å². The molecular weight excluding hydrogens is 483 g/mol. The van der Waals surface area contributed by atoms with Gasteiger partial charge in [-0.15, -0.1) is 11.3 Å². The van der Waals surface area contributed by atoms with Crippen LogP contribution in [0, 0.1) is 17.7 Å². The third-order valence-corrected chi connectivity index (χ3v) is 9.15. The molecule has 0 amide bonds. The van der Waals surface area contributed by atoms with Crippen LogP contribution in [0.2, 0.25) is 0 Å². The predicted octanol–water partition coefficient (Wildman–Crippen LogP) is 7.35. The Hall–Kier alpha value is -2.96. The highest BCUT2D eigenvalue weighted by molar-refractivity contribution is 7.18. The Morgan fingerprint density at radius 3 is 2.62 bits per heavy atom. The minimum Gasteiger partial charge on any atom is -0.496 e. The minimum atomic E-state index is -0.251. The lowest BCUT2D eigenvalue weighted by atomic mass is 9.91. The zero-order valence-electron chi connectivity index (χ0n) is 21.5. The van der Waals surface area contributed by atoms with Gasteiger partial charge in [-0.05, 0) is 92.1 Å². The second-order valence-electron chi connectivity index (χ2n) is 10.2. The number of hydrogen-bond donors (Lipinski definition) is 0. The van der Waals surface area contributed by atoms with Gasteiger partial charge >= 0.3 is 0 Å². The topological polar surface area (TPSA) is 34.6 Å². The van der Waals surface area contributed by atoms with Gasteiger partial charge in [0.25, 0.3) is 0 Å². The number of benzene rings is 3. The number of thiazole rings is 1. The molecule has 1 aliphatic carbocycles. The highest BCUT2D eigenvalue weighted by Crippen LogP contribution is 2.46. The first-order valence-electron chi connectivity index (χ1n) is 13.3. The molecule has 4 aromatic rings. The van der Waals surface area contributed by atoms with Crippen molar-refractivity contribution in [2.24, 2.45) is 11.8 Å². The average Bonchev–Trinajstić information content (AvgIpc) is 3.61. The van der Waals surface area contributed by atoms with E-state index in [1.807, 2.05) is 18.3 Å². The van der Waals surface area contributed by atoms with Crippen LogP contribution in [0.4, 0.5) is 4.39 Å². The van der Waals surface area contributed by atoms with E-state index in [4.69, 9.17) is 14.5 Å². The van der Waals surface area contributed by atoms with Gasteiger partial charge in [0.05, 0.1) is 34.5 Å². The Bertz CT molecular complexity index is 1350. The van der Waals surface area contributed by atoms with Crippen molar-refractivity contribution in [2.45, 2.75) is 45.2 Å². The molecule has 4 nitrogen and oxygen atoms in total. The summed E-state index contributed by atoms with van der Waals surface area (Å²) in [6, 6.07) is 19.9. The molecule has 0 spiro atoms. The van der Waals surface area contributed by atoms with E-state index in [0.29, 0.717) is 18.6 Å². The highest BCUT2D eigenvalue weighted by Gasteiger charge is 2.43. The lowest BCUT2D eigenvalue weighted by Crippen LogP contribution is -2.30. The Morgan fingerprint density at radius 2 is 1.84 bits per heavy atom. The normalized spacial score (nSPS) is 21.4. The van der Waals surface area contributed by atoms with Crippen LogP contribution in [0.15, 0.2) is 60.7 Å². The molecule has 192 valence electrons. The first kappa shape index (κ1) is 24.4. The summed E-state index contributed by atoms with van der Waals surface area (Å²) in [6.45, 7) is 4.55. The summed E-state index contributed by atoms with van der Waals surface area (Å²) >= 11 is 1.86. The predicted molar refractivity (Wildman–Crippen MR) is 148 cm³/mol. The molecule has 0 radical (unpaired) electrons. The van der Waals surface area contributed by atoms with E-state index in [0.717, 1.165) is 53.6 Å². The summed E-state index contributed by atoms with van der Waals surface area (Å²) in [5.74, 6) is 2.75. The maximum Gasteiger partial charge on any atom is 0.131 e. The summed E-state index contributed by atoms with van der Waals surface area (Å²) in [5, 5.41) is 1.28. The molecule has 2 fully saturated rings. The van der Waals surface area contributed by atoms with Crippen LogP contribution in [-0.2, 0) is 13.0 Å². The molecule has 6 heteroatoms. The fraction of sp³-hybridized carbons (Fsp3) is 0.387. The number of aromatic nitrogens is 1. The van der Waals surface area contributed by atoms with Crippen molar-refractivity contribution in [2.75, 3.05) is 20.3 Å². The number of likely N-dealkylation sites (tertiary alicyclic amines) is 1. The fourth-order valence-electron chi connectivity index (χ4n) is 6.47. The summed E-state index contributed by atoms with van der Waals surface area (Å²) in [5.41, 5.74) is 4.10. The number of ether oxygens (including phenoxy) is 2. The van der Waals surface area contributed by atoms with Gasteiger partial charge in [-0.3, -0.25) is 4.90 Å². The Labute approximate surface area is 222 Å². The molecule has 1 saturated carbocycles. The van der Waals surface area contributed by atoms with Crippen LogP contribution in [0.5, 0.6) is 11.5 Å². The van der Waals surface area contributed by atoms with Crippen molar-refractivity contribution in [3.63, 3.8) is 0 Å². The van der Waals surface area contributed by atoms with Crippen LogP contribution in [0.3, 0.4) is 0 Å². The third kappa shape index (κ3) is 4.85. The largest absolute Gasteiger partial charge is 0.496 e. The molecule has 6 rings (SSSR count). The van der Waals surface area contributed by atoms with Crippen molar-refractivity contribution in [1.29, 1.82) is 0 Å². The second kappa shape index (κ2) is 10.4. The van der Waals surface area contributed by atoms with Crippen molar-refractivity contribution in [1.82, 2.24) is 9.88 Å². The molecule has 0 bridgehead atoms. The second-order valence-corrected chi connectivity index (χ2v) is 11.3. The van der Waals surface area contributed by atoms with Crippen LogP contribution in [0.25, 0.3) is 21.3 Å². The van der Waals surface area contributed by atoms with Gasteiger partial charge in [0.2, 0.25) is 0 Å². The number of rotatable bonds is 8. The maximum absolute atomic E-state index is 13.6. The van der Waals surface area contributed by atoms with Crippen LogP contribution < -0.4 is 9.47 Å².